The normalized spacial score (nSPS) is 10.7. The summed E-state index contributed by atoms with van der Waals surface area (Å²) in [6, 6.07) is 13.3. The van der Waals surface area contributed by atoms with E-state index in [9.17, 15) is 4.79 Å². The third-order valence-corrected chi connectivity index (χ3v) is 4.72. The Balaban J connectivity index is 2.25. The molecule has 1 aromatic heterocycles. The zero-order valence-electron chi connectivity index (χ0n) is 12.1. The van der Waals surface area contributed by atoms with E-state index in [4.69, 9.17) is 21.1 Å². The largest absolute Gasteiger partial charge is 0.496 e. The maximum atomic E-state index is 11.8. The number of esters is 1. The van der Waals surface area contributed by atoms with Crippen molar-refractivity contribution < 1.29 is 14.3 Å². The van der Waals surface area contributed by atoms with Gasteiger partial charge in [0, 0.05) is 20.7 Å². The highest BCUT2D eigenvalue weighted by Gasteiger charge is 2.15. The zero-order valence-corrected chi connectivity index (χ0v) is 13.6. The van der Waals surface area contributed by atoms with Crippen molar-refractivity contribution in [2.45, 2.75) is 0 Å². The average Bonchev–Trinajstić information content (AvgIpc) is 2.98. The molecule has 3 rings (SSSR count). The summed E-state index contributed by atoms with van der Waals surface area (Å²) >= 11 is 7.53. The minimum absolute atomic E-state index is 0.329. The Bertz CT molecular complexity index is 854. The topological polar surface area (TPSA) is 35.5 Å². The lowest BCUT2D eigenvalue weighted by atomic mass is 10.0. The molecule has 1 heterocycles. The van der Waals surface area contributed by atoms with Crippen molar-refractivity contribution in [3.63, 3.8) is 0 Å². The summed E-state index contributed by atoms with van der Waals surface area (Å²) in [6.45, 7) is 0. The Morgan fingerprint density at radius 1 is 1.09 bits per heavy atom. The number of carbonyl (C=O) groups excluding carboxylic acids is 1. The Hall–Kier alpha value is -2.04. The number of halogens is 1. The van der Waals surface area contributed by atoms with Gasteiger partial charge in [0.1, 0.15) is 10.6 Å². The SMILES string of the molecule is COC(=O)c1cc2c(-c3cc(Cl)ccc3OC)cccc2s1. The lowest BCUT2D eigenvalue weighted by molar-refractivity contribution is 0.0606. The molecule has 0 fully saturated rings. The van der Waals surface area contributed by atoms with Crippen molar-refractivity contribution in [1.82, 2.24) is 0 Å². The first kappa shape index (κ1) is 14.9. The van der Waals surface area contributed by atoms with E-state index < -0.39 is 0 Å². The molecular formula is C17H13ClO3S. The van der Waals surface area contributed by atoms with E-state index in [1.165, 1.54) is 18.4 Å². The summed E-state index contributed by atoms with van der Waals surface area (Å²) in [5.74, 6) is 0.410. The van der Waals surface area contributed by atoms with Gasteiger partial charge in [0.05, 0.1) is 14.2 Å². The predicted octanol–water partition coefficient (Wildman–Crippen LogP) is 5.02. The standard InChI is InChI=1S/C17H13ClO3S/c1-20-14-7-6-10(18)8-12(14)11-4-3-5-15-13(11)9-16(22-15)17(19)21-2/h3-9H,1-2H3. The molecule has 2 aromatic carbocycles. The van der Waals surface area contributed by atoms with E-state index in [0.717, 1.165) is 27.0 Å². The zero-order chi connectivity index (χ0) is 15.7. The van der Waals surface area contributed by atoms with Crippen molar-refractivity contribution >= 4 is 39.0 Å². The molecular weight excluding hydrogens is 320 g/mol. The van der Waals surface area contributed by atoms with Crippen LogP contribution < -0.4 is 4.74 Å². The maximum absolute atomic E-state index is 11.8. The van der Waals surface area contributed by atoms with Crippen LogP contribution in [0.4, 0.5) is 0 Å². The van der Waals surface area contributed by atoms with Crippen LogP contribution in [-0.4, -0.2) is 20.2 Å². The van der Waals surface area contributed by atoms with Crippen molar-refractivity contribution in [2.24, 2.45) is 0 Å². The fourth-order valence-electron chi connectivity index (χ4n) is 2.39. The van der Waals surface area contributed by atoms with E-state index in [-0.39, 0.29) is 5.97 Å². The summed E-state index contributed by atoms with van der Waals surface area (Å²) in [6.07, 6.45) is 0. The number of methoxy groups -OCH3 is 2. The average molecular weight is 333 g/mol. The number of thiophene rings is 1. The van der Waals surface area contributed by atoms with Crippen molar-refractivity contribution in [2.75, 3.05) is 14.2 Å². The summed E-state index contributed by atoms with van der Waals surface area (Å²) in [7, 11) is 3.01. The molecule has 3 nitrogen and oxygen atoms in total. The number of hydrogen-bond donors (Lipinski definition) is 0. The third kappa shape index (κ3) is 2.56. The second kappa shape index (κ2) is 5.99. The smallest absolute Gasteiger partial charge is 0.348 e. The molecule has 0 saturated heterocycles. The quantitative estimate of drug-likeness (QED) is 0.632. The highest BCUT2D eigenvalue weighted by atomic mass is 35.5. The number of benzene rings is 2. The van der Waals surface area contributed by atoms with Gasteiger partial charge in [0.25, 0.3) is 0 Å². The Morgan fingerprint density at radius 3 is 2.64 bits per heavy atom. The molecule has 0 aliphatic rings. The molecule has 0 aliphatic carbocycles. The molecule has 5 heteroatoms. The van der Waals surface area contributed by atoms with Gasteiger partial charge in [0.15, 0.2) is 0 Å². The summed E-state index contributed by atoms with van der Waals surface area (Å²) in [4.78, 5) is 12.3. The van der Waals surface area contributed by atoms with Gasteiger partial charge in [-0.15, -0.1) is 11.3 Å². The molecule has 0 bridgehead atoms. The number of rotatable bonds is 3. The van der Waals surface area contributed by atoms with Crippen LogP contribution in [0.3, 0.4) is 0 Å². The molecule has 0 N–H and O–H groups in total. The fraction of sp³-hybridized carbons (Fsp3) is 0.118. The van der Waals surface area contributed by atoms with Crippen LogP contribution in [0.2, 0.25) is 5.02 Å². The molecule has 112 valence electrons. The molecule has 3 aromatic rings. The van der Waals surface area contributed by atoms with Crippen LogP contribution in [0.5, 0.6) is 5.75 Å². The van der Waals surface area contributed by atoms with Gasteiger partial charge in [-0.05, 0) is 35.9 Å². The third-order valence-electron chi connectivity index (χ3n) is 3.40. The van der Waals surface area contributed by atoms with Gasteiger partial charge >= 0.3 is 5.97 Å². The van der Waals surface area contributed by atoms with E-state index in [1.807, 2.05) is 36.4 Å². The van der Waals surface area contributed by atoms with Crippen LogP contribution in [0.15, 0.2) is 42.5 Å². The van der Waals surface area contributed by atoms with Gasteiger partial charge in [-0.3, -0.25) is 0 Å². The number of ether oxygens (including phenoxy) is 2. The minimum atomic E-state index is -0.329. The first-order valence-electron chi connectivity index (χ1n) is 6.59. The molecule has 0 aliphatic heterocycles. The van der Waals surface area contributed by atoms with Gasteiger partial charge in [-0.1, -0.05) is 23.7 Å². The Morgan fingerprint density at radius 2 is 1.91 bits per heavy atom. The molecule has 0 atom stereocenters. The summed E-state index contributed by atoms with van der Waals surface area (Å²) in [5, 5.41) is 1.62. The highest BCUT2D eigenvalue weighted by Crippen LogP contribution is 2.39. The van der Waals surface area contributed by atoms with Crippen molar-refractivity contribution in [3.05, 3.63) is 52.4 Å². The molecule has 22 heavy (non-hydrogen) atoms. The van der Waals surface area contributed by atoms with Crippen LogP contribution in [0, 0.1) is 0 Å². The van der Waals surface area contributed by atoms with Crippen molar-refractivity contribution in [1.29, 1.82) is 0 Å². The monoisotopic (exact) mass is 332 g/mol. The van der Waals surface area contributed by atoms with Gasteiger partial charge in [0.2, 0.25) is 0 Å². The van der Waals surface area contributed by atoms with Crippen LogP contribution in [-0.2, 0) is 4.74 Å². The van der Waals surface area contributed by atoms with E-state index >= 15 is 0 Å². The molecule has 0 spiro atoms. The molecule has 0 amide bonds. The van der Waals surface area contributed by atoms with Crippen molar-refractivity contribution in [3.8, 4) is 16.9 Å². The van der Waals surface area contributed by atoms with E-state index in [0.29, 0.717) is 9.90 Å². The Kier molecular flexibility index (Phi) is 4.05. The first-order valence-corrected chi connectivity index (χ1v) is 7.78. The summed E-state index contributed by atoms with van der Waals surface area (Å²) < 4.78 is 11.2. The molecule has 0 saturated carbocycles. The van der Waals surface area contributed by atoms with E-state index in [1.54, 1.807) is 13.2 Å². The minimum Gasteiger partial charge on any atom is -0.496 e. The number of fused-ring (bicyclic) bond motifs is 1. The molecule has 0 unspecified atom stereocenters. The number of hydrogen-bond acceptors (Lipinski definition) is 4. The number of carbonyl (C=O) groups is 1. The van der Waals surface area contributed by atoms with Gasteiger partial charge < -0.3 is 9.47 Å². The van der Waals surface area contributed by atoms with Crippen LogP contribution in [0.25, 0.3) is 21.2 Å². The predicted molar refractivity (Wildman–Crippen MR) is 90.2 cm³/mol. The fourth-order valence-corrected chi connectivity index (χ4v) is 3.57. The maximum Gasteiger partial charge on any atom is 0.348 e. The second-order valence-corrected chi connectivity index (χ2v) is 6.18. The first-order chi connectivity index (χ1) is 10.6. The van der Waals surface area contributed by atoms with Crippen LogP contribution >= 0.6 is 22.9 Å². The Labute approximate surface area is 137 Å². The second-order valence-electron chi connectivity index (χ2n) is 4.66. The van der Waals surface area contributed by atoms with Crippen LogP contribution in [0.1, 0.15) is 9.67 Å². The lowest BCUT2D eigenvalue weighted by Crippen LogP contribution is -1.96. The summed E-state index contributed by atoms with van der Waals surface area (Å²) in [5.41, 5.74) is 1.87. The van der Waals surface area contributed by atoms with Gasteiger partial charge in [-0.2, -0.15) is 0 Å². The lowest BCUT2D eigenvalue weighted by Gasteiger charge is -2.10. The highest BCUT2D eigenvalue weighted by molar-refractivity contribution is 7.20. The molecule has 0 radical (unpaired) electrons. The van der Waals surface area contributed by atoms with Gasteiger partial charge in [-0.25, -0.2) is 4.79 Å². The van der Waals surface area contributed by atoms with E-state index in [2.05, 4.69) is 0 Å².